The number of hydrogen-bond donors (Lipinski definition) is 0. The third kappa shape index (κ3) is 6.61. The van der Waals surface area contributed by atoms with E-state index in [0.29, 0.717) is 52.6 Å². The molecule has 0 bridgehead atoms. The first-order valence-electron chi connectivity index (χ1n) is 9.21. The maximum absolute atomic E-state index is 12.2. The Morgan fingerprint density at radius 1 is 0.714 bits per heavy atom. The van der Waals surface area contributed by atoms with E-state index in [2.05, 4.69) is 0 Å². The van der Waals surface area contributed by atoms with E-state index in [1.807, 2.05) is 0 Å². The van der Waals surface area contributed by atoms with Crippen molar-refractivity contribution in [3.8, 4) is 0 Å². The number of amides is 2. The van der Waals surface area contributed by atoms with Crippen molar-refractivity contribution in [3.05, 3.63) is 12.2 Å². The fraction of sp³-hybridized carbons (Fsp3) is 0.667. The predicted molar refractivity (Wildman–Crippen MR) is 95.0 cm³/mol. The normalized spacial score (nSPS) is 19.8. The summed E-state index contributed by atoms with van der Waals surface area (Å²) >= 11 is 0. The molecular formula is C18H26N2O8. The summed E-state index contributed by atoms with van der Waals surface area (Å²) in [6, 6.07) is 0. The van der Waals surface area contributed by atoms with Gasteiger partial charge in [0.25, 0.3) is 11.8 Å². The molecule has 2 saturated heterocycles. The first kappa shape index (κ1) is 21.8. The molecule has 2 aliphatic rings. The van der Waals surface area contributed by atoms with Crippen molar-refractivity contribution in [3.63, 3.8) is 0 Å². The number of carbonyl (C=O) groups is 4. The standard InChI is InChI=1S/C18H26N2O8/c1-13(17(23)19-5-9-25-10-6-19)27-15(21)3-4-16(22)28-14(2)18(24)20-7-11-26-12-8-20/h3-4,13-14H,5-12H2,1-2H3/b4-3+/t13-,14-/m0/s1. The van der Waals surface area contributed by atoms with Gasteiger partial charge in [-0.15, -0.1) is 0 Å². The van der Waals surface area contributed by atoms with Crippen molar-refractivity contribution in [1.29, 1.82) is 0 Å². The zero-order chi connectivity index (χ0) is 20.5. The summed E-state index contributed by atoms with van der Waals surface area (Å²) in [5, 5.41) is 0. The number of morpholine rings is 2. The van der Waals surface area contributed by atoms with Crippen LogP contribution >= 0.6 is 0 Å². The van der Waals surface area contributed by atoms with E-state index in [1.54, 1.807) is 9.80 Å². The van der Waals surface area contributed by atoms with Gasteiger partial charge in [0.2, 0.25) is 0 Å². The van der Waals surface area contributed by atoms with Crippen molar-refractivity contribution in [2.45, 2.75) is 26.1 Å². The van der Waals surface area contributed by atoms with Gasteiger partial charge in [0, 0.05) is 38.3 Å². The lowest BCUT2D eigenvalue weighted by molar-refractivity contribution is -0.158. The smallest absolute Gasteiger partial charge is 0.331 e. The second-order valence-electron chi connectivity index (χ2n) is 6.37. The van der Waals surface area contributed by atoms with Crippen LogP contribution in [-0.2, 0) is 38.1 Å². The lowest BCUT2D eigenvalue weighted by Gasteiger charge is -2.28. The molecule has 2 fully saturated rings. The number of ether oxygens (including phenoxy) is 4. The fourth-order valence-corrected chi connectivity index (χ4v) is 2.75. The van der Waals surface area contributed by atoms with Crippen molar-refractivity contribution in [2.75, 3.05) is 52.6 Å². The van der Waals surface area contributed by atoms with Crippen LogP contribution in [0.2, 0.25) is 0 Å². The summed E-state index contributed by atoms with van der Waals surface area (Å²) in [5.41, 5.74) is 0. The molecule has 2 amide bonds. The van der Waals surface area contributed by atoms with E-state index in [4.69, 9.17) is 18.9 Å². The molecule has 28 heavy (non-hydrogen) atoms. The topological polar surface area (TPSA) is 112 Å². The zero-order valence-electron chi connectivity index (χ0n) is 16.1. The Bertz CT molecular complexity index is 557. The third-order valence-electron chi connectivity index (χ3n) is 4.28. The molecule has 156 valence electrons. The lowest BCUT2D eigenvalue weighted by Crippen LogP contribution is -2.46. The predicted octanol–water partition coefficient (Wildman–Crippen LogP) is -0.876. The summed E-state index contributed by atoms with van der Waals surface area (Å²) in [7, 11) is 0. The summed E-state index contributed by atoms with van der Waals surface area (Å²) in [6.45, 7) is 6.47. The number of hydrogen-bond acceptors (Lipinski definition) is 8. The van der Waals surface area contributed by atoms with Gasteiger partial charge in [-0.2, -0.15) is 0 Å². The fourth-order valence-electron chi connectivity index (χ4n) is 2.75. The second-order valence-corrected chi connectivity index (χ2v) is 6.37. The monoisotopic (exact) mass is 398 g/mol. The summed E-state index contributed by atoms with van der Waals surface area (Å²) in [6.07, 6.45) is -0.212. The Kier molecular flexibility index (Phi) is 8.40. The van der Waals surface area contributed by atoms with Crippen molar-refractivity contribution in [2.24, 2.45) is 0 Å². The van der Waals surface area contributed by atoms with Gasteiger partial charge >= 0.3 is 11.9 Å². The Morgan fingerprint density at radius 3 is 1.36 bits per heavy atom. The second kappa shape index (κ2) is 10.8. The van der Waals surface area contributed by atoms with Gasteiger partial charge in [-0.3, -0.25) is 9.59 Å². The number of nitrogens with zero attached hydrogens (tertiary/aromatic N) is 2. The van der Waals surface area contributed by atoms with Gasteiger partial charge in [0.05, 0.1) is 26.4 Å². The maximum Gasteiger partial charge on any atom is 0.331 e. The van der Waals surface area contributed by atoms with Gasteiger partial charge in [0.15, 0.2) is 12.2 Å². The number of carbonyl (C=O) groups excluding carboxylic acids is 4. The van der Waals surface area contributed by atoms with Crippen LogP contribution in [0.3, 0.4) is 0 Å². The molecule has 0 radical (unpaired) electrons. The molecule has 0 aromatic carbocycles. The first-order chi connectivity index (χ1) is 13.4. The molecule has 2 rings (SSSR count). The van der Waals surface area contributed by atoms with Crippen LogP contribution in [0, 0.1) is 0 Å². The maximum atomic E-state index is 12.2. The van der Waals surface area contributed by atoms with Gasteiger partial charge < -0.3 is 28.7 Å². The minimum absolute atomic E-state index is 0.322. The highest BCUT2D eigenvalue weighted by atomic mass is 16.6. The Hall–Kier alpha value is -2.46. The van der Waals surface area contributed by atoms with Gasteiger partial charge in [-0.1, -0.05) is 0 Å². The van der Waals surface area contributed by atoms with E-state index < -0.39 is 24.1 Å². The van der Waals surface area contributed by atoms with Crippen molar-refractivity contribution in [1.82, 2.24) is 9.80 Å². The van der Waals surface area contributed by atoms with Crippen LogP contribution in [0.15, 0.2) is 12.2 Å². The molecular weight excluding hydrogens is 372 g/mol. The van der Waals surface area contributed by atoms with Gasteiger partial charge in [0.1, 0.15) is 0 Å². The van der Waals surface area contributed by atoms with Crippen molar-refractivity contribution >= 4 is 23.8 Å². The number of esters is 2. The van der Waals surface area contributed by atoms with E-state index in [1.165, 1.54) is 13.8 Å². The molecule has 0 N–H and O–H groups in total. The zero-order valence-corrected chi connectivity index (χ0v) is 16.1. The number of rotatable bonds is 6. The Labute approximate surface area is 163 Å². The molecule has 0 aromatic rings. The van der Waals surface area contributed by atoms with E-state index in [-0.39, 0.29) is 11.8 Å². The molecule has 0 saturated carbocycles. The Balaban J connectivity index is 1.74. The summed E-state index contributed by atoms with van der Waals surface area (Å²) in [4.78, 5) is 51.1. The first-order valence-corrected chi connectivity index (χ1v) is 9.21. The highest BCUT2D eigenvalue weighted by Gasteiger charge is 2.26. The highest BCUT2D eigenvalue weighted by Crippen LogP contribution is 2.06. The largest absolute Gasteiger partial charge is 0.449 e. The molecule has 10 nitrogen and oxygen atoms in total. The molecule has 2 atom stereocenters. The highest BCUT2D eigenvalue weighted by molar-refractivity contribution is 5.94. The minimum Gasteiger partial charge on any atom is -0.449 e. The molecule has 2 heterocycles. The summed E-state index contributed by atoms with van der Waals surface area (Å²) in [5.74, 6) is -2.34. The van der Waals surface area contributed by atoms with E-state index >= 15 is 0 Å². The molecule has 0 aromatic heterocycles. The molecule has 10 heteroatoms. The molecule has 2 aliphatic heterocycles. The average molecular weight is 398 g/mol. The van der Waals surface area contributed by atoms with Crippen molar-refractivity contribution < 1.29 is 38.1 Å². The molecule has 0 spiro atoms. The van der Waals surface area contributed by atoms with Crippen LogP contribution in [-0.4, -0.2) is 98.4 Å². The molecule has 0 unspecified atom stereocenters. The van der Waals surface area contributed by atoms with E-state index in [0.717, 1.165) is 12.2 Å². The SMILES string of the molecule is C[C@H](OC(=O)/C=C/C(=O)O[C@@H](C)C(=O)N1CCOCC1)C(=O)N1CCOCC1. The van der Waals surface area contributed by atoms with Crippen LogP contribution in [0.4, 0.5) is 0 Å². The molecule has 0 aliphatic carbocycles. The Morgan fingerprint density at radius 2 is 1.04 bits per heavy atom. The minimum atomic E-state index is -0.979. The third-order valence-corrected chi connectivity index (χ3v) is 4.28. The van der Waals surface area contributed by atoms with Crippen LogP contribution in [0.25, 0.3) is 0 Å². The average Bonchev–Trinajstić information content (AvgIpc) is 2.72. The van der Waals surface area contributed by atoms with Crippen LogP contribution < -0.4 is 0 Å². The quantitative estimate of drug-likeness (QED) is 0.419. The lowest BCUT2D eigenvalue weighted by atomic mass is 10.3. The van der Waals surface area contributed by atoms with Gasteiger partial charge in [-0.05, 0) is 13.8 Å². The summed E-state index contributed by atoms with van der Waals surface area (Å²) < 4.78 is 20.3. The van der Waals surface area contributed by atoms with Crippen LogP contribution in [0.5, 0.6) is 0 Å². The van der Waals surface area contributed by atoms with Gasteiger partial charge in [-0.25, -0.2) is 9.59 Å². The van der Waals surface area contributed by atoms with E-state index in [9.17, 15) is 19.2 Å². The van der Waals surface area contributed by atoms with Crippen LogP contribution in [0.1, 0.15) is 13.8 Å².